The molecule has 5 heterocycles. The lowest BCUT2D eigenvalue weighted by molar-refractivity contribution is -0.385. The number of piperidine rings is 4. The zero-order valence-corrected chi connectivity index (χ0v) is 51.6. The predicted octanol–water partition coefficient (Wildman–Crippen LogP) is 11.2. The molecule has 4 aromatic carbocycles. The van der Waals surface area contributed by atoms with Crippen LogP contribution in [0.5, 0.6) is 11.5 Å². The van der Waals surface area contributed by atoms with Crippen LogP contribution in [0, 0.1) is 20.2 Å². The first-order valence-electron chi connectivity index (χ1n) is 27.0. The van der Waals surface area contributed by atoms with E-state index in [0.29, 0.717) is 27.0 Å². The van der Waals surface area contributed by atoms with Crippen LogP contribution >= 0.6 is 61.1 Å². The second kappa shape index (κ2) is 32.0. The number of aliphatic imine (C=N–C) groups is 1. The predicted molar refractivity (Wildman–Crippen MR) is 342 cm³/mol. The van der Waals surface area contributed by atoms with E-state index in [1.54, 1.807) is 0 Å². The van der Waals surface area contributed by atoms with Gasteiger partial charge in [0.2, 0.25) is 5.78 Å². The molecule has 0 aliphatic carbocycles. The van der Waals surface area contributed by atoms with E-state index in [4.69, 9.17) is 33.2 Å². The van der Waals surface area contributed by atoms with Crippen LogP contribution in [0.15, 0.2) is 89.9 Å². The average Bonchev–Trinajstić information content (AvgIpc) is 3.89. The van der Waals surface area contributed by atoms with Crippen molar-refractivity contribution in [1.82, 2.24) is 14.8 Å². The highest BCUT2D eigenvalue weighted by Gasteiger charge is 2.28. The van der Waals surface area contributed by atoms with Crippen molar-refractivity contribution in [3.63, 3.8) is 0 Å². The summed E-state index contributed by atoms with van der Waals surface area (Å²) in [5, 5.41) is 29.9. The van der Waals surface area contributed by atoms with E-state index >= 15 is 0 Å². The molecule has 25 heteroatoms. The Morgan fingerprint density at radius 2 is 1.20 bits per heavy atom. The van der Waals surface area contributed by atoms with Crippen molar-refractivity contribution in [1.29, 1.82) is 0 Å². The average molecular weight is 1250 g/mol. The minimum Gasteiger partial charge on any atom is -0.490 e. The second-order valence-corrected chi connectivity index (χ2v) is 22.8. The van der Waals surface area contributed by atoms with Gasteiger partial charge in [-0.2, -0.15) is 14.9 Å². The molecule has 4 aliphatic heterocycles. The molecule has 0 amide bonds. The summed E-state index contributed by atoms with van der Waals surface area (Å²) in [6.45, 7) is 11.5. The summed E-state index contributed by atoms with van der Waals surface area (Å²) >= 11 is 10.9. The van der Waals surface area contributed by atoms with Crippen molar-refractivity contribution < 1.29 is 28.9 Å². The minimum atomic E-state index is -0.584. The van der Waals surface area contributed by atoms with Crippen molar-refractivity contribution in [2.24, 2.45) is 10.7 Å². The number of carbonyl (C=O) groups excluding carboxylic acids is 2. The van der Waals surface area contributed by atoms with Crippen LogP contribution in [0.1, 0.15) is 96.7 Å². The number of rotatable bonds is 16. The normalized spacial score (nSPS) is 16.3. The molecular weight excluding hydrogens is 1180 g/mol. The van der Waals surface area contributed by atoms with Crippen LogP contribution in [-0.4, -0.2) is 136 Å². The van der Waals surface area contributed by atoms with Crippen molar-refractivity contribution in [3.05, 3.63) is 121 Å². The molecule has 4 saturated heterocycles. The first kappa shape index (κ1) is 64.2. The summed E-state index contributed by atoms with van der Waals surface area (Å²) in [5.74, 6) is 0.560. The number of ether oxygens (including phenoxy) is 2. The number of benzene rings is 4. The Balaban J connectivity index is 0.000000214. The lowest BCUT2D eigenvalue weighted by atomic mass is 9.99. The van der Waals surface area contributed by atoms with E-state index in [1.165, 1.54) is 164 Å². The molecule has 20 nitrogen and oxygen atoms in total. The van der Waals surface area contributed by atoms with Gasteiger partial charge in [-0.15, -0.1) is 0 Å². The number of thiazole rings is 1. The molecule has 9 rings (SSSR count). The van der Waals surface area contributed by atoms with E-state index in [9.17, 15) is 29.8 Å². The van der Waals surface area contributed by atoms with Crippen LogP contribution in [0.2, 0.25) is 0 Å². The maximum atomic E-state index is 13.0. The maximum Gasteiger partial charge on any atom is 0.311 e. The SMILES string of the molecule is CCSC(N)=NC(=S)Nc1ccc(N2CCC(N3CCCCC3)CC2)cc1.COc1ccc(C(=O)CBr)cc1[N+](=O)[O-].COc1ccc(C(=O)c2sc(Nc3ccc(N4CCC(N5CCCCC5)CC4)cc3)nc2N)cc1[N+](=O)[O-].P. The number of aromatic nitrogens is 1. The number of methoxy groups -OCH3 is 2. The summed E-state index contributed by atoms with van der Waals surface area (Å²) < 4.78 is 9.83. The van der Waals surface area contributed by atoms with Gasteiger partial charge in [0.15, 0.2) is 32.7 Å². The topological polar surface area (TPSA) is 253 Å². The number of thioether (sulfide) groups is 1. The summed E-state index contributed by atoms with van der Waals surface area (Å²) in [7, 11) is 2.68. The van der Waals surface area contributed by atoms with E-state index < -0.39 is 15.6 Å². The number of likely N-dealkylation sites (tertiary alicyclic amines) is 2. The van der Waals surface area contributed by atoms with Gasteiger partial charge in [-0.1, -0.05) is 58.8 Å². The Labute approximate surface area is 499 Å². The first-order valence-corrected chi connectivity index (χ1v) is 30.3. The highest BCUT2D eigenvalue weighted by molar-refractivity contribution is 9.09. The molecule has 0 saturated carbocycles. The first-order chi connectivity index (χ1) is 38.7. The number of nitrogens with one attached hydrogen (secondary N) is 2. The fourth-order valence-electron chi connectivity index (χ4n) is 10.3. The Hall–Kier alpha value is -6.01. The van der Waals surface area contributed by atoms with E-state index in [1.807, 2.05) is 19.1 Å². The standard InChI is InChI=1S/C27H32N6O4S.C20H31N5S2.C9H8BrNO4.H3P/c1-37-23-10-5-18(17-22(23)33(35)36)24(34)25-26(28)30-27(38-25)29-19-6-8-20(9-7-19)32-15-11-21(12-16-32)31-13-3-2-4-14-31;1-2-27-19(21)23-20(26)22-16-6-8-17(9-7-16)25-14-10-18(11-15-25)24-12-4-3-5-13-24;1-15-9-3-2-6(8(12)5-10)4-7(9)11(13)14;/h5-10,17,21H,2-4,11-16,28H2,1H3,(H,29,30);6-9,18H,2-5,10-15H2,1H3,(H3,21,22,23,26);2-4H,5H2,1H3;1H3. The number of anilines is 6. The molecule has 1 atom stereocenters. The quantitative estimate of drug-likeness (QED) is 0.0105. The molecule has 436 valence electrons. The third-order valence-corrected chi connectivity index (χ3v) is 16.9. The molecule has 0 bridgehead atoms. The molecule has 5 aromatic rings. The molecule has 6 N–H and O–H groups in total. The lowest BCUT2D eigenvalue weighted by Crippen LogP contribution is -2.46. The number of amidine groups is 1. The summed E-state index contributed by atoms with van der Waals surface area (Å²) in [4.78, 5) is 64.2. The smallest absolute Gasteiger partial charge is 0.311 e. The molecule has 1 unspecified atom stereocenters. The number of carbonyl (C=O) groups is 2. The van der Waals surface area contributed by atoms with Gasteiger partial charge in [0.25, 0.3) is 0 Å². The highest BCUT2D eigenvalue weighted by atomic mass is 79.9. The zero-order chi connectivity index (χ0) is 57.1. The van der Waals surface area contributed by atoms with Gasteiger partial charge in [-0.05, 0) is 168 Å². The number of hydrogen-bond donors (Lipinski definition) is 4. The molecule has 4 aliphatic rings. The van der Waals surface area contributed by atoms with Crippen LogP contribution in [0.25, 0.3) is 0 Å². The lowest BCUT2D eigenvalue weighted by Gasteiger charge is -2.41. The van der Waals surface area contributed by atoms with Crippen molar-refractivity contribution in [2.45, 2.75) is 83.2 Å². The third-order valence-electron chi connectivity index (χ3n) is 14.5. The number of nitro groups is 2. The Morgan fingerprint density at radius 1 is 0.741 bits per heavy atom. The van der Waals surface area contributed by atoms with E-state index in [0.717, 1.165) is 60.7 Å². The number of nitrogen functional groups attached to an aromatic ring is 1. The van der Waals surface area contributed by atoms with Crippen LogP contribution < -0.4 is 41.4 Å². The van der Waals surface area contributed by atoms with Crippen LogP contribution in [0.3, 0.4) is 0 Å². The number of hydrogen-bond acceptors (Lipinski definition) is 18. The monoisotopic (exact) mass is 1250 g/mol. The molecule has 4 fully saturated rings. The van der Waals surface area contributed by atoms with E-state index in [2.05, 4.69) is 92.5 Å². The zero-order valence-electron chi connectivity index (χ0n) is 46.2. The third kappa shape index (κ3) is 18.2. The summed E-state index contributed by atoms with van der Waals surface area (Å²) in [6.07, 6.45) is 13.1. The van der Waals surface area contributed by atoms with Crippen LogP contribution in [0.4, 0.5) is 45.1 Å². The van der Waals surface area contributed by atoms with Crippen molar-refractivity contribution in [3.8, 4) is 11.5 Å². The minimum absolute atomic E-state index is 0. The number of nitrogens with zero attached hydrogens (tertiary/aromatic N) is 8. The van der Waals surface area contributed by atoms with Crippen molar-refractivity contribution in [2.75, 3.05) is 104 Å². The van der Waals surface area contributed by atoms with Gasteiger partial charge in [0, 0.05) is 84.3 Å². The molecule has 81 heavy (non-hydrogen) atoms. The number of Topliss-reactive ketones (excluding diaryl/α,β-unsaturated/α-hetero) is 1. The van der Waals surface area contributed by atoms with Gasteiger partial charge in [0.1, 0.15) is 10.7 Å². The van der Waals surface area contributed by atoms with Gasteiger partial charge in [-0.3, -0.25) is 29.8 Å². The van der Waals surface area contributed by atoms with Gasteiger partial charge >= 0.3 is 11.4 Å². The Bertz CT molecular complexity index is 2930. The summed E-state index contributed by atoms with van der Waals surface area (Å²) in [6, 6.07) is 26.4. The number of thiocarbonyl (C=S) groups is 1. The van der Waals surface area contributed by atoms with Gasteiger partial charge < -0.3 is 51.2 Å². The maximum absolute atomic E-state index is 13.0. The molecule has 0 radical (unpaired) electrons. The molecule has 1 aromatic heterocycles. The van der Waals surface area contributed by atoms with Crippen molar-refractivity contribution >= 4 is 128 Å². The fourth-order valence-corrected chi connectivity index (χ4v) is 12.3. The number of nitro benzene ring substituents is 2. The number of halogens is 1. The molecular formula is C56H74BrN12O8PS3. The second-order valence-electron chi connectivity index (χ2n) is 19.6. The number of ketones is 2. The fraction of sp³-hybridized carbons (Fsp3) is 0.446. The Kier molecular flexibility index (Phi) is 25.3. The number of nitrogens with two attached hydrogens (primary N) is 2. The van der Waals surface area contributed by atoms with Crippen LogP contribution in [-0.2, 0) is 0 Å². The Morgan fingerprint density at radius 3 is 1.64 bits per heavy atom. The molecule has 0 spiro atoms. The summed E-state index contributed by atoms with van der Waals surface area (Å²) in [5.41, 5.74) is 16.1. The van der Waals surface area contributed by atoms with Gasteiger partial charge in [-0.25, -0.2) is 4.98 Å². The highest BCUT2D eigenvalue weighted by Crippen LogP contribution is 2.35. The largest absolute Gasteiger partial charge is 0.490 e. The van der Waals surface area contributed by atoms with Gasteiger partial charge in [0.05, 0.1) is 29.4 Å². The van der Waals surface area contributed by atoms with E-state index in [-0.39, 0.29) is 60.1 Å². The number of alkyl halides is 1.